The molecule has 0 radical (unpaired) electrons. The highest BCUT2D eigenvalue weighted by molar-refractivity contribution is 5.94. The molecule has 1 fully saturated rings. The SMILES string of the molecule is Cc1ccc(C(=O)NN2CCCCC2)cc1N. The average Bonchev–Trinajstić information content (AvgIpc) is 2.34. The van der Waals surface area contributed by atoms with Gasteiger partial charge in [0.15, 0.2) is 0 Å². The van der Waals surface area contributed by atoms with Crippen LogP contribution in [0, 0.1) is 6.92 Å². The lowest BCUT2D eigenvalue weighted by atomic mass is 10.1. The third-order valence-corrected chi connectivity index (χ3v) is 3.16. The fraction of sp³-hybridized carbons (Fsp3) is 0.462. The van der Waals surface area contributed by atoms with Crippen LogP contribution in [-0.4, -0.2) is 24.0 Å². The van der Waals surface area contributed by atoms with Gasteiger partial charge in [0.25, 0.3) is 5.91 Å². The molecule has 17 heavy (non-hydrogen) atoms. The summed E-state index contributed by atoms with van der Waals surface area (Å²) in [6.07, 6.45) is 3.55. The summed E-state index contributed by atoms with van der Waals surface area (Å²) in [4.78, 5) is 12.0. The van der Waals surface area contributed by atoms with Crippen LogP contribution in [0.2, 0.25) is 0 Å². The molecule has 1 aliphatic rings. The third kappa shape index (κ3) is 2.97. The van der Waals surface area contributed by atoms with Gasteiger partial charge in [-0.2, -0.15) is 0 Å². The summed E-state index contributed by atoms with van der Waals surface area (Å²) < 4.78 is 0. The number of hydrazine groups is 1. The van der Waals surface area contributed by atoms with Gasteiger partial charge < -0.3 is 5.73 Å². The van der Waals surface area contributed by atoms with Crippen LogP contribution in [0.25, 0.3) is 0 Å². The molecule has 1 amide bonds. The minimum absolute atomic E-state index is 0.0707. The summed E-state index contributed by atoms with van der Waals surface area (Å²) in [6.45, 7) is 3.81. The number of carbonyl (C=O) groups excluding carboxylic acids is 1. The number of nitrogens with two attached hydrogens (primary N) is 1. The van der Waals surface area contributed by atoms with Crippen molar-refractivity contribution in [2.75, 3.05) is 18.8 Å². The molecule has 1 aromatic rings. The molecule has 0 spiro atoms. The Morgan fingerprint density at radius 3 is 2.65 bits per heavy atom. The van der Waals surface area contributed by atoms with Crippen LogP contribution < -0.4 is 11.2 Å². The van der Waals surface area contributed by atoms with E-state index in [0.717, 1.165) is 31.5 Å². The summed E-state index contributed by atoms with van der Waals surface area (Å²) in [6, 6.07) is 5.42. The number of rotatable bonds is 2. The molecule has 0 unspecified atom stereocenters. The lowest BCUT2D eigenvalue weighted by Gasteiger charge is -2.26. The first kappa shape index (κ1) is 11.9. The zero-order valence-electron chi connectivity index (χ0n) is 10.2. The van der Waals surface area contributed by atoms with Crippen molar-refractivity contribution in [3.05, 3.63) is 29.3 Å². The minimum atomic E-state index is -0.0707. The molecule has 92 valence electrons. The fourth-order valence-corrected chi connectivity index (χ4v) is 2.00. The predicted molar refractivity (Wildman–Crippen MR) is 68.5 cm³/mol. The first-order valence-corrected chi connectivity index (χ1v) is 6.09. The van der Waals surface area contributed by atoms with Crippen molar-refractivity contribution in [1.82, 2.24) is 10.4 Å². The first-order chi connectivity index (χ1) is 8.16. The number of nitrogens with zero attached hydrogens (tertiary/aromatic N) is 1. The number of anilines is 1. The fourth-order valence-electron chi connectivity index (χ4n) is 2.00. The molecular weight excluding hydrogens is 214 g/mol. The molecule has 1 saturated heterocycles. The maximum Gasteiger partial charge on any atom is 0.265 e. The van der Waals surface area contributed by atoms with Gasteiger partial charge in [0.05, 0.1) is 0 Å². The van der Waals surface area contributed by atoms with E-state index in [-0.39, 0.29) is 5.91 Å². The van der Waals surface area contributed by atoms with Crippen molar-refractivity contribution < 1.29 is 4.79 Å². The van der Waals surface area contributed by atoms with Gasteiger partial charge in [-0.05, 0) is 37.5 Å². The molecule has 0 atom stereocenters. The molecule has 1 aromatic carbocycles. The number of carbonyl (C=O) groups is 1. The van der Waals surface area contributed by atoms with E-state index in [2.05, 4.69) is 5.43 Å². The maximum atomic E-state index is 12.0. The molecular formula is C13H19N3O. The Balaban J connectivity index is 2.01. The van der Waals surface area contributed by atoms with Crippen molar-refractivity contribution in [3.8, 4) is 0 Å². The van der Waals surface area contributed by atoms with Crippen molar-refractivity contribution in [1.29, 1.82) is 0 Å². The van der Waals surface area contributed by atoms with Gasteiger partial charge in [0, 0.05) is 24.3 Å². The Morgan fingerprint density at radius 2 is 2.00 bits per heavy atom. The van der Waals surface area contributed by atoms with Crippen LogP contribution in [-0.2, 0) is 0 Å². The molecule has 0 aromatic heterocycles. The van der Waals surface area contributed by atoms with E-state index >= 15 is 0 Å². The highest BCUT2D eigenvalue weighted by Crippen LogP contribution is 2.13. The topological polar surface area (TPSA) is 58.4 Å². The van der Waals surface area contributed by atoms with Gasteiger partial charge in [-0.1, -0.05) is 12.5 Å². The summed E-state index contributed by atoms with van der Waals surface area (Å²) in [5, 5.41) is 1.99. The van der Waals surface area contributed by atoms with Gasteiger partial charge >= 0.3 is 0 Å². The second kappa shape index (κ2) is 5.19. The van der Waals surface area contributed by atoms with E-state index in [1.807, 2.05) is 24.1 Å². The van der Waals surface area contributed by atoms with Crippen LogP contribution in [0.5, 0.6) is 0 Å². The number of benzene rings is 1. The molecule has 1 aliphatic heterocycles. The van der Waals surface area contributed by atoms with Gasteiger partial charge in [-0.25, -0.2) is 5.01 Å². The highest BCUT2D eigenvalue weighted by atomic mass is 16.2. The number of aryl methyl sites for hydroxylation is 1. The van der Waals surface area contributed by atoms with E-state index < -0.39 is 0 Å². The Labute approximate surface area is 102 Å². The van der Waals surface area contributed by atoms with Crippen LogP contribution in [0.1, 0.15) is 35.2 Å². The third-order valence-electron chi connectivity index (χ3n) is 3.16. The number of nitrogen functional groups attached to an aromatic ring is 1. The Bertz CT molecular complexity index is 411. The summed E-state index contributed by atoms with van der Waals surface area (Å²) in [7, 11) is 0. The van der Waals surface area contributed by atoms with Crippen LogP contribution >= 0.6 is 0 Å². The lowest BCUT2D eigenvalue weighted by Crippen LogP contribution is -2.45. The molecule has 0 bridgehead atoms. The standard InChI is InChI=1S/C13H19N3O/c1-10-5-6-11(9-12(10)14)13(17)15-16-7-3-2-4-8-16/h5-6,9H,2-4,7-8,14H2,1H3,(H,15,17). The van der Waals surface area contributed by atoms with E-state index in [0.29, 0.717) is 11.3 Å². The number of hydrogen-bond acceptors (Lipinski definition) is 3. The van der Waals surface area contributed by atoms with Gasteiger partial charge in [-0.3, -0.25) is 10.2 Å². The molecule has 2 rings (SSSR count). The number of amides is 1. The molecule has 1 heterocycles. The van der Waals surface area contributed by atoms with Crippen LogP contribution in [0.4, 0.5) is 5.69 Å². The average molecular weight is 233 g/mol. The monoisotopic (exact) mass is 233 g/mol. The second-order valence-electron chi connectivity index (χ2n) is 4.56. The first-order valence-electron chi connectivity index (χ1n) is 6.09. The molecule has 4 nitrogen and oxygen atoms in total. The number of piperidine rings is 1. The van der Waals surface area contributed by atoms with Gasteiger partial charge in [0.2, 0.25) is 0 Å². The molecule has 4 heteroatoms. The number of nitrogens with one attached hydrogen (secondary N) is 1. The Morgan fingerprint density at radius 1 is 1.29 bits per heavy atom. The summed E-state index contributed by atoms with van der Waals surface area (Å²) in [5.41, 5.74) is 11.0. The summed E-state index contributed by atoms with van der Waals surface area (Å²) >= 11 is 0. The van der Waals surface area contributed by atoms with Crippen molar-refractivity contribution in [2.24, 2.45) is 0 Å². The minimum Gasteiger partial charge on any atom is -0.398 e. The smallest absolute Gasteiger partial charge is 0.265 e. The molecule has 0 aliphatic carbocycles. The molecule has 3 N–H and O–H groups in total. The predicted octanol–water partition coefficient (Wildman–Crippen LogP) is 1.71. The Kier molecular flexibility index (Phi) is 3.64. The van der Waals surface area contributed by atoms with Crippen molar-refractivity contribution in [3.63, 3.8) is 0 Å². The largest absolute Gasteiger partial charge is 0.398 e. The molecule has 0 saturated carbocycles. The summed E-state index contributed by atoms with van der Waals surface area (Å²) in [5.74, 6) is -0.0707. The maximum absolute atomic E-state index is 12.0. The van der Waals surface area contributed by atoms with E-state index in [1.54, 1.807) is 6.07 Å². The van der Waals surface area contributed by atoms with Crippen molar-refractivity contribution >= 4 is 11.6 Å². The van der Waals surface area contributed by atoms with Crippen LogP contribution in [0.3, 0.4) is 0 Å². The quantitative estimate of drug-likeness (QED) is 0.764. The zero-order chi connectivity index (χ0) is 12.3. The van der Waals surface area contributed by atoms with Gasteiger partial charge in [0.1, 0.15) is 0 Å². The lowest BCUT2D eigenvalue weighted by molar-refractivity contribution is 0.0750. The van der Waals surface area contributed by atoms with E-state index in [1.165, 1.54) is 6.42 Å². The highest BCUT2D eigenvalue weighted by Gasteiger charge is 2.14. The van der Waals surface area contributed by atoms with Crippen molar-refractivity contribution in [2.45, 2.75) is 26.2 Å². The zero-order valence-corrected chi connectivity index (χ0v) is 10.2. The Hall–Kier alpha value is -1.55. The van der Waals surface area contributed by atoms with E-state index in [9.17, 15) is 4.79 Å². The van der Waals surface area contributed by atoms with Gasteiger partial charge in [-0.15, -0.1) is 0 Å². The second-order valence-corrected chi connectivity index (χ2v) is 4.56. The van der Waals surface area contributed by atoms with E-state index in [4.69, 9.17) is 5.73 Å². The normalized spacial score (nSPS) is 16.8. The van der Waals surface area contributed by atoms with Crippen LogP contribution in [0.15, 0.2) is 18.2 Å². The number of hydrogen-bond donors (Lipinski definition) is 2.